The Morgan fingerprint density at radius 3 is 2.50 bits per heavy atom. The SMILES string of the molecule is O=C([O-])[C@H]1NCC[C@H]1O.[NH4+]. The molecule has 1 rings (SSSR count). The number of rotatable bonds is 1. The van der Waals surface area contributed by atoms with E-state index >= 15 is 0 Å². The molecular weight excluding hydrogens is 136 g/mol. The monoisotopic (exact) mass is 148 g/mol. The number of carbonyl (C=O) groups is 1. The average Bonchev–Trinajstić information content (AvgIpc) is 2.13. The van der Waals surface area contributed by atoms with Crippen LogP contribution in [-0.2, 0) is 4.79 Å². The van der Waals surface area contributed by atoms with E-state index in [1.165, 1.54) is 0 Å². The lowest BCUT2D eigenvalue weighted by Gasteiger charge is -2.14. The number of quaternary nitrogens is 1. The summed E-state index contributed by atoms with van der Waals surface area (Å²) in [5.41, 5.74) is 0. The van der Waals surface area contributed by atoms with Gasteiger partial charge in [-0.25, -0.2) is 0 Å². The van der Waals surface area contributed by atoms with Crippen molar-refractivity contribution in [2.45, 2.75) is 18.6 Å². The van der Waals surface area contributed by atoms with E-state index in [2.05, 4.69) is 5.32 Å². The Labute approximate surface area is 58.6 Å². The summed E-state index contributed by atoms with van der Waals surface area (Å²) in [4.78, 5) is 10.1. The highest BCUT2D eigenvalue weighted by Crippen LogP contribution is 2.04. The van der Waals surface area contributed by atoms with Crippen LogP contribution < -0.4 is 16.6 Å². The van der Waals surface area contributed by atoms with Crippen molar-refractivity contribution in [1.82, 2.24) is 11.5 Å². The topological polar surface area (TPSA) is 109 Å². The zero-order valence-electron chi connectivity index (χ0n) is 5.83. The molecule has 0 saturated carbocycles. The minimum Gasteiger partial charge on any atom is -0.548 e. The van der Waals surface area contributed by atoms with E-state index in [4.69, 9.17) is 5.11 Å². The van der Waals surface area contributed by atoms with Gasteiger partial charge in [0.25, 0.3) is 0 Å². The quantitative estimate of drug-likeness (QED) is 0.393. The lowest BCUT2D eigenvalue weighted by molar-refractivity contribution is -0.309. The first kappa shape index (κ1) is 9.35. The largest absolute Gasteiger partial charge is 0.548 e. The molecule has 0 aromatic rings. The first-order chi connectivity index (χ1) is 4.22. The molecule has 0 bridgehead atoms. The van der Waals surface area contributed by atoms with Crippen molar-refractivity contribution in [3.63, 3.8) is 0 Å². The predicted octanol–water partition coefficient (Wildman–Crippen LogP) is -2.16. The van der Waals surface area contributed by atoms with Crippen LogP contribution in [0.4, 0.5) is 0 Å². The van der Waals surface area contributed by atoms with Gasteiger partial charge in [0, 0.05) is 0 Å². The Morgan fingerprint density at radius 2 is 2.30 bits per heavy atom. The Bertz CT molecular complexity index is 128. The van der Waals surface area contributed by atoms with Gasteiger partial charge in [-0.2, -0.15) is 0 Å². The molecule has 0 amide bonds. The van der Waals surface area contributed by atoms with Gasteiger partial charge in [0.1, 0.15) is 0 Å². The highest BCUT2D eigenvalue weighted by atomic mass is 16.4. The van der Waals surface area contributed by atoms with Gasteiger partial charge >= 0.3 is 0 Å². The molecule has 10 heavy (non-hydrogen) atoms. The molecule has 1 saturated heterocycles. The number of carboxylic acid groups (broad SMARTS) is 1. The standard InChI is InChI=1S/C5H9NO3.H3N/c7-3-1-2-6-4(3)5(8)9;/h3-4,6-7H,1-2H2,(H,8,9);1H3/t3-,4+;/m1./s1. The summed E-state index contributed by atoms with van der Waals surface area (Å²) in [6.07, 6.45) is -0.270. The Hall–Kier alpha value is -0.650. The molecule has 1 aliphatic rings. The molecular formula is C5H12N2O3. The molecule has 5 heteroatoms. The molecule has 5 nitrogen and oxygen atoms in total. The van der Waals surface area contributed by atoms with Gasteiger partial charge < -0.3 is 26.5 Å². The van der Waals surface area contributed by atoms with E-state index in [-0.39, 0.29) is 6.15 Å². The second-order valence-electron chi connectivity index (χ2n) is 2.11. The van der Waals surface area contributed by atoms with Crippen LogP contribution in [0.5, 0.6) is 0 Å². The number of nitrogens with one attached hydrogen (secondary N) is 1. The lowest BCUT2D eigenvalue weighted by atomic mass is 10.2. The third-order valence-electron chi connectivity index (χ3n) is 1.44. The van der Waals surface area contributed by atoms with Crippen molar-refractivity contribution in [3.05, 3.63) is 0 Å². The summed E-state index contributed by atoms with van der Waals surface area (Å²) >= 11 is 0. The maximum absolute atomic E-state index is 10.1. The van der Waals surface area contributed by atoms with Crippen molar-refractivity contribution < 1.29 is 15.0 Å². The molecule has 0 aliphatic carbocycles. The van der Waals surface area contributed by atoms with Crippen molar-refractivity contribution in [2.24, 2.45) is 0 Å². The normalized spacial score (nSPS) is 31.3. The lowest BCUT2D eigenvalue weighted by Crippen LogP contribution is -2.47. The van der Waals surface area contributed by atoms with Crippen LogP contribution in [0.3, 0.4) is 0 Å². The summed E-state index contributed by atoms with van der Waals surface area (Å²) in [5, 5.41) is 21.5. The van der Waals surface area contributed by atoms with Crippen LogP contribution >= 0.6 is 0 Å². The predicted molar refractivity (Wildman–Crippen MR) is 33.4 cm³/mol. The van der Waals surface area contributed by atoms with E-state index in [0.29, 0.717) is 13.0 Å². The van der Waals surface area contributed by atoms with Crippen LogP contribution in [0.1, 0.15) is 6.42 Å². The molecule has 0 spiro atoms. The van der Waals surface area contributed by atoms with Gasteiger partial charge in [-0.3, -0.25) is 0 Å². The van der Waals surface area contributed by atoms with Crippen LogP contribution in [0.2, 0.25) is 0 Å². The molecule has 0 unspecified atom stereocenters. The molecule has 1 aliphatic heterocycles. The molecule has 0 aromatic heterocycles. The number of carboxylic acids is 1. The van der Waals surface area contributed by atoms with E-state index in [9.17, 15) is 9.90 Å². The first-order valence-electron chi connectivity index (χ1n) is 2.84. The van der Waals surface area contributed by atoms with Crippen molar-refractivity contribution in [1.29, 1.82) is 0 Å². The highest BCUT2D eigenvalue weighted by molar-refractivity contribution is 5.72. The van der Waals surface area contributed by atoms with Crippen LogP contribution in [0.15, 0.2) is 0 Å². The fourth-order valence-electron chi connectivity index (χ4n) is 0.930. The Kier molecular flexibility index (Phi) is 3.27. The van der Waals surface area contributed by atoms with E-state index < -0.39 is 18.1 Å². The van der Waals surface area contributed by atoms with E-state index in [1.807, 2.05) is 0 Å². The van der Waals surface area contributed by atoms with Crippen LogP contribution in [0, 0.1) is 0 Å². The zero-order valence-corrected chi connectivity index (χ0v) is 5.83. The number of aliphatic hydroxyl groups excluding tert-OH is 1. The smallest absolute Gasteiger partial charge is 0.0759 e. The third-order valence-corrected chi connectivity index (χ3v) is 1.44. The van der Waals surface area contributed by atoms with Crippen LogP contribution in [-0.4, -0.2) is 29.8 Å². The number of aliphatic carboxylic acids is 1. The summed E-state index contributed by atoms with van der Waals surface area (Å²) in [5.74, 6) is -1.22. The first-order valence-corrected chi connectivity index (χ1v) is 2.84. The zero-order chi connectivity index (χ0) is 6.85. The molecule has 1 heterocycles. The number of hydrogen-bond acceptors (Lipinski definition) is 4. The van der Waals surface area contributed by atoms with Crippen molar-refractivity contribution in [3.8, 4) is 0 Å². The van der Waals surface area contributed by atoms with Gasteiger partial charge in [-0.1, -0.05) is 0 Å². The van der Waals surface area contributed by atoms with Gasteiger partial charge in [0.05, 0.1) is 18.1 Å². The fraction of sp³-hybridized carbons (Fsp3) is 0.800. The second kappa shape index (κ2) is 3.50. The maximum Gasteiger partial charge on any atom is 0.0759 e. The number of carbonyl (C=O) groups excluding carboxylic acids is 1. The van der Waals surface area contributed by atoms with Crippen molar-refractivity contribution in [2.75, 3.05) is 6.54 Å². The van der Waals surface area contributed by atoms with E-state index in [0.717, 1.165) is 0 Å². The highest BCUT2D eigenvalue weighted by Gasteiger charge is 2.24. The summed E-state index contributed by atoms with van der Waals surface area (Å²) in [6, 6.07) is -0.856. The Balaban J connectivity index is 0.000000810. The van der Waals surface area contributed by atoms with Crippen LogP contribution in [0.25, 0.3) is 0 Å². The van der Waals surface area contributed by atoms with E-state index in [1.54, 1.807) is 0 Å². The number of hydrogen-bond donors (Lipinski definition) is 3. The van der Waals surface area contributed by atoms with Gasteiger partial charge in [0.2, 0.25) is 0 Å². The minimum absolute atomic E-state index is 0. The average molecular weight is 148 g/mol. The van der Waals surface area contributed by atoms with Gasteiger partial charge in [0.15, 0.2) is 0 Å². The third kappa shape index (κ3) is 1.66. The van der Waals surface area contributed by atoms with Gasteiger partial charge in [-0.15, -0.1) is 0 Å². The number of aliphatic hydroxyl groups is 1. The minimum atomic E-state index is -1.22. The van der Waals surface area contributed by atoms with Gasteiger partial charge in [-0.05, 0) is 13.0 Å². The molecule has 6 N–H and O–H groups in total. The Morgan fingerprint density at radius 1 is 1.70 bits per heavy atom. The van der Waals surface area contributed by atoms with Crippen molar-refractivity contribution >= 4 is 5.97 Å². The summed E-state index contributed by atoms with van der Waals surface area (Å²) in [7, 11) is 0. The second-order valence-corrected chi connectivity index (χ2v) is 2.11. The molecule has 2 atom stereocenters. The summed E-state index contributed by atoms with van der Waals surface area (Å²) < 4.78 is 0. The molecule has 60 valence electrons. The molecule has 1 fully saturated rings. The summed E-state index contributed by atoms with van der Waals surface area (Å²) in [6.45, 7) is 0.555. The fourth-order valence-corrected chi connectivity index (χ4v) is 0.930. The molecule has 0 aromatic carbocycles. The molecule has 0 radical (unpaired) electrons. The maximum atomic E-state index is 10.1.